The molecule has 178 valence electrons. The number of hydrogen-bond donors (Lipinski definition) is 2. The topological polar surface area (TPSA) is 119 Å². The van der Waals surface area contributed by atoms with E-state index in [9.17, 15) is 19.1 Å². The highest BCUT2D eigenvalue weighted by atomic mass is 19.1. The summed E-state index contributed by atoms with van der Waals surface area (Å²) >= 11 is 0. The Hall–Kier alpha value is -3.11. The van der Waals surface area contributed by atoms with Gasteiger partial charge in [0.25, 0.3) is 5.91 Å². The highest BCUT2D eigenvalue weighted by Crippen LogP contribution is 2.35. The lowest BCUT2D eigenvalue weighted by atomic mass is 9.83. The molecule has 2 heterocycles. The first-order chi connectivity index (χ1) is 15.7. The number of rotatable bonds is 10. The molecular weight excluding hydrogens is 433 g/mol. The third-order valence-corrected chi connectivity index (χ3v) is 6.11. The van der Waals surface area contributed by atoms with E-state index < -0.39 is 42.4 Å². The minimum Gasteiger partial charge on any atom is -0.481 e. The van der Waals surface area contributed by atoms with Crippen molar-refractivity contribution >= 4 is 28.4 Å². The number of methoxy groups -OCH3 is 2. The summed E-state index contributed by atoms with van der Waals surface area (Å²) in [6, 6.07) is 8.21. The number of alkyl halides is 1. The lowest BCUT2D eigenvalue weighted by molar-refractivity contribution is -0.236. The van der Waals surface area contributed by atoms with Crippen molar-refractivity contribution in [2.24, 2.45) is 11.1 Å². The molecule has 3 rings (SSSR count). The third-order valence-electron chi connectivity index (χ3n) is 6.11. The number of nitrogens with zero attached hydrogens (tertiary/aromatic N) is 2. The standard InChI is InChI=1S/C23H28FN3O6/c1-14(2)22(21(30)26-18(11-19(28)29)23(13-24,31-3)32-4)12-17(27-33-22)20-16-8-6-5-7-15(16)9-10-25-20/h5-10,14,18H,11-13H2,1-4H3,(H,26,30)(H,28,29)/t18-,22?/m0/s1. The summed E-state index contributed by atoms with van der Waals surface area (Å²) in [5.41, 5.74) is -0.369. The molecule has 33 heavy (non-hydrogen) atoms. The number of carboxylic acid groups (broad SMARTS) is 1. The number of carboxylic acids is 1. The van der Waals surface area contributed by atoms with Crippen molar-refractivity contribution in [3.05, 3.63) is 42.2 Å². The zero-order chi connectivity index (χ0) is 24.2. The van der Waals surface area contributed by atoms with Crippen LogP contribution >= 0.6 is 0 Å². The molecule has 1 aliphatic heterocycles. The monoisotopic (exact) mass is 461 g/mol. The Morgan fingerprint density at radius 1 is 1.27 bits per heavy atom. The fourth-order valence-electron chi connectivity index (χ4n) is 3.96. The predicted molar refractivity (Wildman–Crippen MR) is 118 cm³/mol. The second-order valence-corrected chi connectivity index (χ2v) is 8.21. The van der Waals surface area contributed by atoms with Gasteiger partial charge in [0.15, 0.2) is 0 Å². The molecule has 1 unspecified atom stereocenters. The number of nitrogens with one attached hydrogen (secondary N) is 1. The second-order valence-electron chi connectivity index (χ2n) is 8.21. The highest BCUT2D eigenvalue weighted by Gasteiger charge is 2.52. The number of oxime groups is 1. The van der Waals surface area contributed by atoms with Gasteiger partial charge in [-0.05, 0) is 11.5 Å². The zero-order valence-electron chi connectivity index (χ0n) is 19.0. The summed E-state index contributed by atoms with van der Waals surface area (Å²) in [5, 5.41) is 17.9. The van der Waals surface area contributed by atoms with Gasteiger partial charge in [0.05, 0.1) is 18.2 Å². The Morgan fingerprint density at radius 3 is 2.58 bits per heavy atom. The van der Waals surface area contributed by atoms with Crippen molar-refractivity contribution < 1.29 is 33.4 Å². The summed E-state index contributed by atoms with van der Waals surface area (Å²) in [4.78, 5) is 35.1. The van der Waals surface area contributed by atoms with Crippen LogP contribution in [0.25, 0.3) is 10.8 Å². The van der Waals surface area contributed by atoms with Gasteiger partial charge in [-0.1, -0.05) is 43.3 Å². The maximum Gasteiger partial charge on any atom is 0.305 e. The first-order valence-corrected chi connectivity index (χ1v) is 10.5. The van der Waals surface area contributed by atoms with Crippen molar-refractivity contribution in [1.82, 2.24) is 10.3 Å². The predicted octanol–water partition coefficient (Wildman–Crippen LogP) is 2.67. The van der Waals surface area contributed by atoms with Crippen LogP contribution in [0, 0.1) is 5.92 Å². The van der Waals surface area contributed by atoms with Crippen molar-refractivity contribution in [2.75, 3.05) is 20.9 Å². The molecule has 0 saturated carbocycles. The van der Waals surface area contributed by atoms with E-state index in [1.807, 2.05) is 30.3 Å². The summed E-state index contributed by atoms with van der Waals surface area (Å²) in [5.74, 6) is -4.22. The number of ether oxygens (including phenoxy) is 2. The number of pyridine rings is 1. The fraction of sp³-hybridized carbons (Fsp3) is 0.478. The fourth-order valence-corrected chi connectivity index (χ4v) is 3.96. The van der Waals surface area contributed by atoms with Gasteiger partial charge in [-0.3, -0.25) is 14.6 Å². The maximum atomic E-state index is 13.9. The highest BCUT2D eigenvalue weighted by molar-refractivity contribution is 6.11. The minimum absolute atomic E-state index is 0.0971. The quantitative estimate of drug-likeness (QED) is 0.522. The first-order valence-electron chi connectivity index (χ1n) is 10.5. The van der Waals surface area contributed by atoms with Crippen molar-refractivity contribution in [2.45, 2.75) is 44.1 Å². The van der Waals surface area contributed by atoms with Crippen LogP contribution in [-0.2, 0) is 23.9 Å². The van der Waals surface area contributed by atoms with E-state index in [0.29, 0.717) is 11.4 Å². The molecule has 2 N–H and O–H groups in total. The van der Waals surface area contributed by atoms with Crippen molar-refractivity contribution in [3.8, 4) is 0 Å². The molecule has 2 atom stereocenters. The third kappa shape index (κ3) is 4.53. The number of fused-ring (bicyclic) bond motifs is 1. The summed E-state index contributed by atoms with van der Waals surface area (Å²) in [6.45, 7) is 2.40. The van der Waals surface area contributed by atoms with Crippen LogP contribution in [0.3, 0.4) is 0 Å². The molecule has 1 aliphatic rings. The molecule has 2 aromatic rings. The van der Waals surface area contributed by atoms with Crippen LogP contribution in [0.1, 0.15) is 32.4 Å². The Bertz CT molecular complexity index is 1040. The lowest BCUT2D eigenvalue weighted by Crippen LogP contribution is -2.62. The average Bonchev–Trinajstić information content (AvgIpc) is 3.27. The van der Waals surface area contributed by atoms with Gasteiger partial charge in [0.1, 0.15) is 12.4 Å². The number of carbonyl (C=O) groups excluding carboxylic acids is 1. The van der Waals surface area contributed by atoms with Crippen LogP contribution in [0.5, 0.6) is 0 Å². The summed E-state index contributed by atoms with van der Waals surface area (Å²) in [6.07, 6.45) is 1.13. The Labute approximate surface area is 190 Å². The largest absolute Gasteiger partial charge is 0.481 e. The lowest BCUT2D eigenvalue weighted by Gasteiger charge is -2.38. The van der Waals surface area contributed by atoms with E-state index in [1.54, 1.807) is 20.0 Å². The normalized spacial score (nSPS) is 19.3. The molecule has 0 aliphatic carbocycles. The second kappa shape index (κ2) is 9.80. The minimum atomic E-state index is -1.97. The molecule has 1 aromatic carbocycles. The van der Waals surface area contributed by atoms with Crippen LogP contribution < -0.4 is 5.32 Å². The Kier molecular flexibility index (Phi) is 7.28. The number of carbonyl (C=O) groups is 2. The molecule has 1 aromatic heterocycles. The SMILES string of the molecule is COC(CF)(OC)[C@H](CC(=O)O)NC(=O)C1(C(C)C)CC(c2nccc3ccccc23)=NO1. The number of aliphatic carboxylic acids is 1. The van der Waals surface area contributed by atoms with Crippen LogP contribution in [0.2, 0.25) is 0 Å². The van der Waals surface area contributed by atoms with E-state index in [4.69, 9.17) is 14.3 Å². The van der Waals surface area contributed by atoms with Gasteiger partial charge in [-0.25, -0.2) is 4.39 Å². The number of halogens is 1. The van der Waals surface area contributed by atoms with Crippen LogP contribution in [0.4, 0.5) is 4.39 Å². The summed E-state index contributed by atoms with van der Waals surface area (Å²) in [7, 11) is 2.36. The molecular formula is C23H28FN3O6. The van der Waals surface area contributed by atoms with E-state index in [2.05, 4.69) is 15.5 Å². The van der Waals surface area contributed by atoms with Gasteiger partial charge in [-0.2, -0.15) is 0 Å². The van der Waals surface area contributed by atoms with Crippen molar-refractivity contribution in [1.29, 1.82) is 0 Å². The molecule has 0 radical (unpaired) electrons. The first kappa shape index (κ1) is 24.5. The Morgan fingerprint density at radius 2 is 1.97 bits per heavy atom. The van der Waals surface area contributed by atoms with E-state index in [-0.39, 0.29) is 12.3 Å². The molecule has 10 heteroatoms. The maximum absolute atomic E-state index is 13.9. The Balaban J connectivity index is 1.92. The van der Waals surface area contributed by atoms with E-state index in [1.165, 1.54) is 14.2 Å². The van der Waals surface area contributed by atoms with Crippen molar-refractivity contribution in [3.63, 3.8) is 0 Å². The van der Waals surface area contributed by atoms with Gasteiger partial charge in [0, 0.05) is 38.1 Å². The molecule has 1 amide bonds. The number of benzene rings is 1. The number of aromatic nitrogens is 1. The molecule has 0 fully saturated rings. The summed E-state index contributed by atoms with van der Waals surface area (Å²) < 4.78 is 24.2. The number of amides is 1. The van der Waals surface area contributed by atoms with Gasteiger partial charge < -0.3 is 24.7 Å². The van der Waals surface area contributed by atoms with Gasteiger partial charge in [0.2, 0.25) is 11.4 Å². The van der Waals surface area contributed by atoms with E-state index >= 15 is 0 Å². The molecule has 9 nitrogen and oxygen atoms in total. The average molecular weight is 461 g/mol. The zero-order valence-corrected chi connectivity index (χ0v) is 19.0. The molecule has 0 bridgehead atoms. The smallest absolute Gasteiger partial charge is 0.305 e. The molecule has 0 saturated heterocycles. The van der Waals surface area contributed by atoms with Crippen LogP contribution in [-0.4, -0.2) is 66.0 Å². The molecule has 0 spiro atoms. The van der Waals surface area contributed by atoms with Crippen LogP contribution in [0.15, 0.2) is 41.7 Å². The van der Waals surface area contributed by atoms with Gasteiger partial charge in [-0.15, -0.1) is 0 Å². The van der Waals surface area contributed by atoms with Gasteiger partial charge >= 0.3 is 5.97 Å². The number of hydrogen-bond acceptors (Lipinski definition) is 7. The van der Waals surface area contributed by atoms with E-state index in [0.717, 1.165) is 10.8 Å².